The molecule has 0 saturated carbocycles. The minimum absolute atomic E-state index is 0.173. The predicted molar refractivity (Wildman–Crippen MR) is 40.6 cm³/mol. The van der Waals surface area contributed by atoms with E-state index in [0.717, 1.165) is 0 Å². The Morgan fingerprint density at radius 3 is 3.00 bits per heavy atom. The maximum Gasteiger partial charge on any atom is 0.273 e. The third kappa shape index (κ3) is 1.70. The monoisotopic (exact) mass is 155 g/mol. The lowest BCUT2D eigenvalue weighted by Crippen LogP contribution is -2.05. The van der Waals surface area contributed by atoms with Crippen molar-refractivity contribution in [3.05, 3.63) is 22.1 Å². The summed E-state index contributed by atoms with van der Waals surface area (Å²) in [7, 11) is 3.15. The summed E-state index contributed by atoms with van der Waals surface area (Å²) in [5.74, 6) is 0. The van der Waals surface area contributed by atoms with E-state index < -0.39 is 0 Å². The van der Waals surface area contributed by atoms with Crippen LogP contribution < -0.4 is 5.56 Å². The summed E-state index contributed by atoms with van der Waals surface area (Å²) < 4.78 is 1.55. The molecular weight excluding hydrogens is 146 g/mol. The largest absolute Gasteiger partial charge is 0.399 e. The molecule has 0 bridgehead atoms. The van der Waals surface area contributed by atoms with Crippen LogP contribution in [0.4, 0.5) is 0 Å². The molecule has 11 heavy (non-hydrogen) atoms. The van der Waals surface area contributed by atoms with Crippen LogP contribution in [0.2, 0.25) is 0 Å². The van der Waals surface area contributed by atoms with E-state index in [4.69, 9.17) is 0 Å². The van der Waals surface area contributed by atoms with Gasteiger partial charge in [-0.15, -0.1) is 0 Å². The van der Waals surface area contributed by atoms with Gasteiger partial charge in [-0.2, -0.15) is 0 Å². The Kier molecular flexibility index (Phi) is 2.10. The van der Waals surface area contributed by atoms with Gasteiger partial charge in [0.25, 0.3) is 5.56 Å². The van der Waals surface area contributed by atoms with Crippen molar-refractivity contribution in [2.24, 2.45) is 12.2 Å². The van der Waals surface area contributed by atoms with Gasteiger partial charge in [-0.05, 0) is 0 Å². The number of hydrogen-bond donors (Lipinski definition) is 1. The van der Waals surface area contributed by atoms with Crippen molar-refractivity contribution in [2.45, 2.75) is 0 Å². The minimum atomic E-state index is -0.173. The molecule has 1 heterocycles. The van der Waals surface area contributed by atoms with Gasteiger partial charge in [0.05, 0.1) is 11.8 Å². The molecule has 0 spiro atoms. The number of rotatable bonds is 2. The van der Waals surface area contributed by atoms with Crippen LogP contribution >= 0.6 is 0 Å². The maximum absolute atomic E-state index is 10.9. The zero-order valence-electron chi connectivity index (χ0n) is 6.37. The molecule has 5 heteroatoms. The second kappa shape index (κ2) is 3.05. The lowest BCUT2D eigenvalue weighted by atomic mass is 10.4. The number of aromatic amines is 1. The van der Waals surface area contributed by atoms with E-state index in [9.17, 15) is 4.79 Å². The molecule has 0 saturated heterocycles. The van der Waals surface area contributed by atoms with Gasteiger partial charge in [0.1, 0.15) is 7.11 Å². The standard InChI is InChI=1S/C6H9N3O2/c1-9-4-5(3-7-11-2)6(10)8-9/h3-4H,1-2H3,(H,8,10)/b7-3+. The molecule has 0 radical (unpaired) electrons. The van der Waals surface area contributed by atoms with Crippen molar-refractivity contribution in [3.8, 4) is 0 Å². The Balaban J connectivity index is 2.95. The first-order valence-corrected chi connectivity index (χ1v) is 3.06. The molecule has 1 aromatic heterocycles. The molecule has 1 rings (SSSR count). The van der Waals surface area contributed by atoms with Gasteiger partial charge in [0, 0.05) is 13.2 Å². The molecular formula is C6H9N3O2. The van der Waals surface area contributed by atoms with Crippen LogP contribution in [0.3, 0.4) is 0 Å². The van der Waals surface area contributed by atoms with Gasteiger partial charge < -0.3 is 4.84 Å². The molecule has 0 atom stereocenters. The van der Waals surface area contributed by atoms with Gasteiger partial charge in [-0.25, -0.2) is 0 Å². The topological polar surface area (TPSA) is 59.4 Å². The van der Waals surface area contributed by atoms with Crippen LogP contribution in [0, 0.1) is 0 Å². The Labute approximate surface area is 63.3 Å². The van der Waals surface area contributed by atoms with Crippen LogP contribution in [0.15, 0.2) is 16.1 Å². The van der Waals surface area contributed by atoms with Crippen LogP contribution in [0.1, 0.15) is 5.56 Å². The highest BCUT2D eigenvalue weighted by Gasteiger charge is 1.96. The Morgan fingerprint density at radius 2 is 2.55 bits per heavy atom. The number of nitrogens with zero attached hydrogens (tertiary/aromatic N) is 2. The lowest BCUT2D eigenvalue weighted by Gasteiger charge is -1.82. The Hall–Kier alpha value is -1.52. The number of H-pyrrole nitrogens is 1. The van der Waals surface area contributed by atoms with Crippen molar-refractivity contribution in [1.82, 2.24) is 9.78 Å². The van der Waals surface area contributed by atoms with E-state index in [0.29, 0.717) is 5.56 Å². The van der Waals surface area contributed by atoms with Crippen LogP contribution in [0.5, 0.6) is 0 Å². The zero-order chi connectivity index (χ0) is 8.27. The highest BCUT2D eigenvalue weighted by molar-refractivity contribution is 5.77. The van der Waals surface area contributed by atoms with Crippen LogP contribution in [-0.2, 0) is 11.9 Å². The maximum atomic E-state index is 10.9. The van der Waals surface area contributed by atoms with Crippen molar-refractivity contribution >= 4 is 6.21 Å². The van der Waals surface area contributed by atoms with Crippen molar-refractivity contribution in [2.75, 3.05) is 7.11 Å². The fourth-order valence-corrected chi connectivity index (χ4v) is 0.726. The van der Waals surface area contributed by atoms with E-state index in [1.54, 1.807) is 17.9 Å². The summed E-state index contributed by atoms with van der Waals surface area (Å²) >= 11 is 0. The number of aryl methyl sites for hydroxylation is 1. The molecule has 0 aliphatic heterocycles. The SMILES string of the molecule is CO/N=C/c1cn(C)[nH]c1=O. The zero-order valence-corrected chi connectivity index (χ0v) is 6.37. The molecule has 0 amide bonds. The van der Waals surface area contributed by atoms with Gasteiger partial charge in [-0.1, -0.05) is 5.16 Å². The van der Waals surface area contributed by atoms with Crippen molar-refractivity contribution in [3.63, 3.8) is 0 Å². The molecule has 0 fully saturated rings. The molecule has 1 aromatic rings. The summed E-state index contributed by atoms with van der Waals surface area (Å²) in [5.41, 5.74) is 0.308. The molecule has 0 unspecified atom stereocenters. The Bertz CT molecular complexity index is 310. The summed E-state index contributed by atoms with van der Waals surface area (Å²) in [6, 6.07) is 0. The van der Waals surface area contributed by atoms with Gasteiger partial charge in [0.2, 0.25) is 0 Å². The van der Waals surface area contributed by atoms with Gasteiger partial charge in [0.15, 0.2) is 0 Å². The fraction of sp³-hybridized carbons (Fsp3) is 0.333. The van der Waals surface area contributed by atoms with Gasteiger partial charge >= 0.3 is 0 Å². The average Bonchev–Trinajstić information content (AvgIpc) is 2.26. The molecule has 60 valence electrons. The Morgan fingerprint density at radius 1 is 1.82 bits per heavy atom. The fourth-order valence-electron chi connectivity index (χ4n) is 0.726. The number of hydrogen-bond acceptors (Lipinski definition) is 3. The number of nitrogens with one attached hydrogen (secondary N) is 1. The normalized spacial score (nSPS) is 10.7. The van der Waals surface area contributed by atoms with Crippen molar-refractivity contribution in [1.29, 1.82) is 0 Å². The van der Waals surface area contributed by atoms with E-state index in [1.165, 1.54) is 13.3 Å². The molecule has 0 aliphatic rings. The molecule has 1 N–H and O–H groups in total. The smallest absolute Gasteiger partial charge is 0.273 e. The third-order valence-electron chi connectivity index (χ3n) is 1.17. The van der Waals surface area contributed by atoms with Crippen LogP contribution in [-0.4, -0.2) is 23.1 Å². The highest BCUT2D eigenvalue weighted by atomic mass is 16.6. The van der Waals surface area contributed by atoms with E-state index >= 15 is 0 Å². The summed E-state index contributed by atoms with van der Waals surface area (Å²) in [5, 5.41) is 5.99. The summed E-state index contributed by atoms with van der Waals surface area (Å²) in [6.07, 6.45) is 2.99. The molecule has 0 aliphatic carbocycles. The summed E-state index contributed by atoms with van der Waals surface area (Å²) in [6.45, 7) is 0. The lowest BCUT2D eigenvalue weighted by molar-refractivity contribution is 0.215. The number of aromatic nitrogens is 2. The van der Waals surface area contributed by atoms with E-state index in [-0.39, 0.29) is 5.56 Å². The van der Waals surface area contributed by atoms with E-state index in [2.05, 4.69) is 15.1 Å². The first kappa shape index (κ1) is 7.59. The second-order valence-corrected chi connectivity index (χ2v) is 2.05. The molecule has 5 nitrogen and oxygen atoms in total. The second-order valence-electron chi connectivity index (χ2n) is 2.05. The van der Waals surface area contributed by atoms with Crippen LogP contribution in [0.25, 0.3) is 0 Å². The number of oxime groups is 1. The molecule has 0 aromatic carbocycles. The summed E-state index contributed by atoms with van der Waals surface area (Å²) in [4.78, 5) is 15.3. The average molecular weight is 155 g/mol. The van der Waals surface area contributed by atoms with Gasteiger partial charge in [-0.3, -0.25) is 14.6 Å². The predicted octanol–water partition coefficient (Wildman–Crippen LogP) is -0.306. The first-order valence-electron chi connectivity index (χ1n) is 3.06. The minimum Gasteiger partial charge on any atom is -0.399 e. The highest BCUT2D eigenvalue weighted by Crippen LogP contribution is 1.83. The third-order valence-corrected chi connectivity index (χ3v) is 1.17. The van der Waals surface area contributed by atoms with E-state index in [1.807, 2.05) is 0 Å². The van der Waals surface area contributed by atoms with Crippen molar-refractivity contribution < 1.29 is 4.84 Å². The quantitative estimate of drug-likeness (QED) is 0.470. The first-order chi connectivity index (χ1) is 5.24.